The van der Waals surface area contributed by atoms with Gasteiger partial charge in [-0.05, 0) is 89.9 Å². The van der Waals surface area contributed by atoms with Crippen LogP contribution in [0.15, 0.2) is 60.8 Å². The highest BCUT2D eigenvalue weighted by Crippen LogP contribution is 2.16. The minimum Gasteiger partial charge on any atom is -0.462 e. The summed E-state index contributed by atoms with van der Waals surface area (Å²) in [4.78, 5) is 26.1. The molecule has 3 unspecified atom stereocenters. The topological polar surface area (TPSA) is 95.9 Å². The molecule has 0 fully saturated rings. The van der Waals surface area contributed by atoms with E-state index in [2.05, 4.69) is 86.8 Å². The number of ether oxygens (including phenoxy) is 1. The Balaban J connectivity index is 4.70. The highest BCUT2D eigenvalue weighted by molar-refractivity contribution is 5.77. The Morgan fingerprint density at radius 2 is 0.867 bits per heavy atom. The standard InChI is InChI=1S/C54H97NO5/c1-4-7-10-13-16-19-21-23-25-26-28-29-31-34-36-39-42-45-50(48-53(58)55-51(49-56)52(57)46-43-40-37-33-18-15-12-9-6-3)60-54(59)47-44-41-38-35-32-30-27-24-22-20-17-14-11-8-5-2/h16,19-20,22-23,25,28-29,34,36,50-52,56-57H,4-15,17-18,21,24,26-27,30-33,35,37-49H2,1-3H3,(H,55,58)/b19-16-,22-20-,25-23-,29-28-,36-34-. The smallest absolute Gasteiger partial charge is 0.306 e. The van der Waals surface area contributed by atoms with E-state index in [0.717, 1.165) is 70.6 Å². The van der Waals surface area contributed by atoms with Gasteiger partial charge in [0.25, 0.3) is 0 Å². The van der Waals surface area contributed by atoms with Gasteiger partial charge in [-0.3, -0.25) is 9.59 Å². The lowest BCUT2D eigenvalue weighted by molar-refractivity contribution is -0.151. The summed E-state index contributed by atoms with van der Waals surface area (Å²) in [5.74, 6) is -0.533. The third kappa shape index (κ3) is 42.3. The SMILES string of the molecule is CCCCC/C=C\C/C=C\C/C=C\C/C=C\CCCC(CC(=O)NC(CO)C(O)CCCCCCCCCCC)OC(=O)CCCCCCCCC/C=C\CCCCCC. The van der Waals surface area contributed by atoms with Crippen molar-refractivity contribution in [3.05, 3.63) is 60.8 Å². The van der Waals surface area contributed by atoms with Crippen LogP contribution in [-0.2, 0) is 14.3 Å². The molecule has 3 atom stereocenters. The first-order valence-electron chi connectivity index (χ1n) is 25.5. The Morgan fingerprint density at radius 3 is 1.38 bits per heavy atom. The molecule has 0 aromatic rings. The summed E-state index contributed by atoms with van der Waals surface area (Å²) in [5.41, 5.74) is 0. The minimum atomic E-state index is -0.802. The second-order valence-corrected chi connectivity index (χ2v) is 17.2. The quantitative estimate of drug-likeness (QED) is 0.0322. The van der Waals surface area contributed by atoms with E-state index >= 15 is 0 Å². The zero-order chi connectivity index (χ0) is 43.8. The molecule has 0 saturated carbocycles. The van der Waals surface area contributed by atoms with E-state index in [-0.39, 0.29) is 24.9 Å². The van der Waals surface area contributed by atoms with Crippen molar-refractivity contribution in [2.45, 2.75) is 264 Å². The number of aliphatic hydroxyl groups is 2. The summed E-state index contributed by atoms with van der Waals surface area (Å²) in [6.07, 6.45) is 58.5. The number of unbranched alkanes of at least 4 members (excludes halogenated alkanes) is 23. The van der Waals surface area contributed by atoms with Crippen molar-refractivity contribution in [1.82, 2.24) is 5.32 Å². The molecule has 3 N–H and O–H groups in total. The Hall–Kier alpha value is -2.44. The van der Waals surface area contributed by atoms with Gasteiger partial charge < -0.3 is 20.3 Å². The van der Waals surface area contributed by atoms with Gasteiger partial charge in [0.05, 0.1) is 25.2 Å². The molecule has 0 aliphatic rings. The minimum absolute atomic E-state index is 0.0374. The lowest BCUT2D eigenvalue weighted by atomic mass is 10.0. The Morgan fingerprint density at radius 1 is 0.483 bits per heavy atom. The molecule has 1 amide bonds. The number of rotatable bonds is 45. The number of hydrogen-bond acceptors (Lipinski definition) is 5. The van der Waals surface area contributed by atoms with Crippen LogP contribution in [0.25, 0.3) is 0 Å². The third-order valence-electron chi connectivity index (χ3n) is 11.3. The van der Waals surface area contributed by atoms with Crippen LogP contribution >= 0.6 is 0 Å². The summed E-state index contributed by atoms with van der Waals surface area (Å²) < 4.78 is 5.90. The van der Waals surface area contributed by atoms with E-state index < -0.39 is 18.2 Å². The number of carbonyl (C=O) groups is 2. The van der Waals surface area contributed by atoms with Crippen LogP contribution in [0.4, 0.5) is 0 Å². The number of amides is 1. The lowest BCUT2D eigenvalue weighted by Crippen LogP contribution is -2.46. The third-order valence-corrected chi connectivity index (χ3v) is 11.3. The molecular formula is C54H97NO5. The van der Waals surface area contributed by atoms with E-state index in [4.69, 9.17) is 4.74 Å². The summed E-state index contributed by atoms with van der Waals surface area (Å²) in [6, 6.07) is -0.719. The monoisotopic (exact) mass is 840 g/mol. The van der Waals surface area contributed by atoms with Crippen LogP contribution in [0, 0.1) is 0 Å². The van der Waals surface area contributed by atoms with Gasteiger partial charge in [-0.2, -0.15) is 0 Å². The van der Waals surface area contributed by atoms with Gasteiger partial charge in [-0.1, -0.05) is 204 Å². The van der Waals surface area contributed by atoms with Gasteiger partial charge in [0.2, 0.25) is 5.91 Å². The number of esters is 1. The summed E-state index contributed by atoms with van der Waals surface area (Å²) in [7, 11) is 0. The lowest BCUT2D eigenvalue weighted by Gasteiger charge is -2.24. The number of carbonyl (C=O) groups excluding carboxylic acids is 2. The van der Waals surface area contributed by atoms with E-state index in [1.54, 1.807) is 0 Å². The van der Waals surface area contributed by atoms with Crippen LogP contribution in [0.2, 0.25) is 0 Å². The molecule has 0 aliphatic heterocycles. The van der Waals surface area contributed by atoms with Gasteiger partial charge in [-0.15, -0.1) is 0 Å². The first kappa shape index (κ1) is 57.6. The molecule has 0 heterocycles. The van der Waals surface area contributed by atoms with Crippen LogP contribution in [0.3, 0.4) is 0 Å². The maximum Gasteiger partial charge on any atom is 0.306 e. The van der Waals surface area contributed by atoms with E-state index in [9.17, 15) is 19.8 Å². The molecule has 0 aliphatic carbocycles. The zero-order valence-electron chi connectivity index (χ0n) is 39.6. The van der Waals surface area contributed by atoms with Gasteiger partial charge in [0.1, 0.15) is 6.10 Å². The van der Waals surface area contributed by atoms with Crippen molar-refractivity contribution in [1.29, 1.82) is 0 Å². The van der Waals surface area contributed by atoms with Crippen molar-refractivity contribution in [3.63, 3.8) is 0 Å². The van der Waals surface area contributed by atoms with Crippen LogP contribution in [0.1, 0.15) is 245 Å². The molecule has 6 heteroatoms. The highest BCUT2D eigenvalue weighted by Gasteiger charge is 2.24. The van der Waals surface area contributed by atoms with Gasteiger partial charge in [0, 0.05) is 6.42 Å². The molecule has 0 saturated heterocycles. The number of hydrogen-bond donors (Lipinski definition) is 3. The molecular weight excluding hydrogens is 743 g/mol. The molecule has 348 valence electrons. The average molecular weight is 840 g/mol. The fourth-order valence-electron chi connectivity index (χ4n) is 7.41. The van der Waals surface area contributed by atoms with Crippen molar-refractivity contribution >= 4 is 11.9 Å². The summed E-state index contributed by atoms with van der Waals surface area (Å²) in [6.45, 7) is 6.40. The van der Waals surface area contributed by atoms with Crippen molar-refractivity contribution < 1.29 is 24.5 Å². The van der Waals surface area contributed by atoms with Gasteiger partial charge >= 0.3 is 5.97 Å². The molecule has 6 nitrogen and oxygen atoms in total. The van der Waals surface area contributed by atoms with Crippen LogP contribution in [0.5, 0.6) is 0 Å². The van der Waals surface area contributed by atoms with E-state index in [1.165, 1.54) is 128 Å². The maximum absolute atomic E-state index is 13.2. The van der Waals surface area contributed by atoms with Crippen LogP contribution in [-0.4, -0.2) is 46.9 Å². The molecule has 60 heavy (non-hydrogen) atoms. The second kappa shape index (κ2) is 47.6. The summed E-state index contributed by atoms with van der Waals surface area (Å²) >= 11 is 0. The molecule has 0 bridgehead atoms. The van der Waals surface area contributed by atoms with Gasteiger partial charge in [0.15, 0.2) is 0 Å². The molecule has 0 rings (SSSR count). The largest absolute Gasteiger partial charge is 0.462 e. The predicted octanol–water partition coefficient (Wildman–Crippen LogP) is 15.2. The number of nitrogens with one attached hydrogen (secondary N) is 1. The molecule has 0 aromatic carbocycles. The predicted molar refractivity (Wildman–Crippen MR) is 259 cm³/mol. The van der Waals surface area contributed by atoms with E-state index in [0.29, 0.717) is 19.3 Å². The zero-order valence-corrected chi connectivity index (χ0v) is 39.6. The van der Waals surface area contributed by atoms with E-state index in [1.807, 2.05) is 0 Å². The van der Waals surface area contributed by atoms with Crippen LogP contribution < -0.4 is 5.32 Å². The van der Waals surface area contributed by atoms with Gasteiger partial charge in [-0.25, -0.2) is 0 Å². The Bertz CT molecular complexity index is 1080. The normalized spacial score (nSPS) is 13.8. The Kier molecular flexibility index (Phi) is 45.7. The molecule has 0 aromatic heterocycles. The van der Waals surface area contributed by atoms with Crippen molar-refractivity contribution in [2.75, 3.05) is 6.61 Å². The summed E-state index contributed by atoms with van der Waals surface area (Å²) in [5, 5.41) is 23.6. The fraction of sp³-hybridized carbons (Fsp3) is 0.778. The Labute approximate surface area is 371 Å². The first-order valence-corrected chi connectivity index (χ1v) is 25.5. The van der Waals surface area contributed by atoms with Crippen molar-refractivity contribution in [3.8, 4) is 0 Å². The first-order chi connectivity index (χ1) is 29.5. The average Bonchev–Trinajstić information content (AvgIpc) is 3.24. The molecule has 0 radical (unpaired) electrons. The maximum atomic E-state index is 13.2. The fourth-order valence-corrected chi connectivity index (χ4v) is 7.41. The molecule has 0 spiro atoms. The second-order valence-electron chi connectivity index (χ2n) is 17.2. The number of allylic oxidation sites excluding steroid dienone is 10. The highest BCUT2D eigenvalue weighted by atomic mass is 16.5. The van der Waals surface area contributed by atoms with Crippen molar-refractivity contribution in [2.24, 2.45) is 0 Å². The number of aliphatic hydroxyl groups excluding tert-OH is 2.